The van der Waals surface area contributed by atoms with Gasteiger partial charge in [0.05, 0.1) is 5.56 Å². The quantitative estimate of drug-likeness (QED) is 0.367. The molecular weight excluding hydrogens is 418 g/mol. The molecule has 1 aliphatic heterocycles. The zero-order chi connectivity index (χ0) is 22.4. The van der Waals surface area contributed by atoms with Crippen LogP contribution < -0.4 is 5.32 Å². The molecule has 5 aromatic rings. The molecule has 0 radical (unpaired) electrons. The van der Waals surface area contributed by atoms with Gasteiger partial charge in [-0.3, -0.25) is 0 Å². The average Bonchev–Trinajstić information content (AvgIpc) is 3.25. The lowest BCUT2D eigenvalue weighted by molar-refractivity contribution is 0.375. The molecule has 0 spiro atoms. The number of benzene rings is 3. The molecule has 0 atom stereocenters. The first-order valence-corrected chi connectivity index (χ1v) is 11.2. The van der Waals surface area contributed by atoms with Gasteiger partial charge >= 0.3 is 0 Å². The normalized spacial score (nSPS) is 14.8. The highest BCUT2D eigenvalue weighted by molar-refractivity contribution is 5.95. The number of rotatable bonds is 3. The van der Waals surface area contributed by atoms with Crippen LogP contribution in [-0.4, -0.2) is 27.6 Å². The van der Waals surface area contributed by atoms with Crippen molar-refractivity contribution in [1.29, 1.82) is 0 Å². The molecule has 4 nitrogen and oxygen atoms in total. The predicted molar refractivity (Wildman–Crippen MR) is 127 cm³/mol. The van der Waals surface area contributed by atoms with Gasteiger partial charge in [-0.2, -0.15) is 0 Å². The standard InChI is InChI=1S/C27H22F2N4/c28-23-7-3-6-22(24(23)29)26-32-25-21(19-9-8-17-4-1-2-5-18(17)16-19)12-15-31-27(25)33(26)20-10-13-30-14-11-20/h1-9,12,15-16,20,30H,10-11,13-14H2. The molecule has 3 aromatic carbocycles. The lowest BCUT2D eigenvalue weighted by Crippen LogP contribution is -2.29. The van der Waals surface area contributed by atoms with Crippen LogP contribution in [0.25, 0.3) is 44.5 Å². The molecule has 1 saturated heterocycles. The van der Waals surface area contributed by atoms with Crippen LogP contribution in [-0.2, 0) is 0 Å². The highest BCUT2D eigenvalue weighted by atomic mass is 19.2. The molecule has 0 unspecified atom stereocenters. The van der Waals surface area contributed by atoms with E-state index in [2.05, 4.69) is 40.6 Å². The van der Waals surface area contributed by atoms with Gasteiger partial charge in [-0.05, 0) is 66.5 Å². The largest absolute Gasteiger partial charge is 0.317 e. The highest BCUT2D eigenvalue weighted by Crippen LogP contribution is 2.37. The summed E-state index contributed by atoms with van der Waals surface area (Å²) < 4.78 is 31.1. The minimum atomic E-state index is -0.879. The van der Waals surface area contributed by atoms with Crippen molar-refractivity contribution >= 4 is 21.9 Å². The molecule has 1 N–H and O–H groups in total. The van der Waals surface area contributed by atoms with Crippen LogP contribution >= 0.6 is 0 Å². The molecule has 164 valence electrons. The third-order valence-corrected chi connectivity index (χ3v) is 6.51. The number of aromatic nitrogens is 3. The highest BCUT2D eigenvalue weighted by Gasteiger charge is 2.26. The number of nitrogens with zero attached hydrogens (tertiary/aromatic N) is 3. The lowest BCUT2D eigenvalue weighted by Gasteiger charge is -2.26. The number of hydrogen-bond donors (Lipinski definition) is 1. The van der Waals surface area contributed by atoms with E-state index in [1.165, 1.54) is 6.07 Å². The van der Waals surface area contributed by atoms with Gasteiger partial charge in [-0.25, -0.2) is 18.7 Å². The monoisotopic (exact) mass is 440 g/mol. The Kier molecular flexibility index (Phi) is 4.88. The maximum absolute atomic E-state index is 14.9. The molecule has 33 heavy (non-hydrogen) atoms. The number of imidazole rings is 1. The van der Waals surface area contributed by atoms with E-state index < -0.39 is 11.6 Å². The summed E-state index contributed by atoms with van der Waals surface area (Å²) in [6, 6.07) is 20.8. The molecule has 1 fully saturated rings. The van der Waals surface area contributed by atoms with Gasteiger partial charge in [0.2, 0.25) is 0 Å². The molecule has 3 heterocycles. The zero-order valence-electron chi connectivity index (χ0n) is 17.9. The van der Waals surface area contributed by atoms with Crippen molar-refractivity contribution < 1.29 is 8.78 Å². The maximum Gasteiger partial charge on any atom is 0.169 e. The number of nitrogens with one attached hydrogen (secondary N) is 1. The number of piperidine rings is 1. The Hall–Kier alpha value is -3.64. The third kappa shape index (κ3) is 3.38. The Balaban J connectivity index is 1.62. The predicted octanol–water partition coefficient (Wildman–Crippen LogP) is 6.12. The third-order valence-electron chi connectivity index (χ3n) is 6.51. The summed E-state index contributed by atoms with van der Waals surface area (Å²) in [6.45, 7) is 1.72. The Labute approximate surface area is 189 Å². The molecule has 2 aromatic heterocycles. The molecular formula is C27H22F2N4. The first kappa shape index (κ1) is 20.0. The van der Waals surface area contributed by atoms with Crippen LogP contribution in [0.5, 0.6) is 0 Å². The molecule has 0 saturated carbocycles. The Bertz CT molecular complexity index is 1480. The molecule has 1 aliphatic rings. The Morgan fingerprint density at radius 3 is 2.52 bits per heavy atom. The van der Waals surface area contributed by atoms with Crippen LogP contribution in [0.2, 0.25) is 0 Å². The summed E-state index contributed by atoms with van der Waals surface area (Å²) in [5, 5.41) is 5.67. The summed E-state index contributed by atoms with van der Waals surface area (Å²) in [4.78, 5) is 9.56. The topological polar surface area (TPSA) is 42.7 Å². The van der Waals surface area contributed by atoms with E-state index in [1.54, 1.807) is 12.3 Å². The van der Waals surface area contributed by atoms with E-state index in [1.807, 2.05) is 22.8 Å². The van der Waals surface area contributed by atoms with Crippen LogP contribution in [0.1, 0.15) is 18.9 Å². The van der Waals surface area contributed by atoms with Crippen LogP contribution in [0.4, 0.5) is 8.78 Å². The Morgan fingerprint density at radius 1 is 0.848 bits per heavy atom. The second kappa shape index (κ2) is 8.05. The van der Waals surface area contributed by atoms with E-state index in [-0.39, 0.29) is 11.6 Å². The zero-order valence-corrected chi connectivity index (χ0v) is 17.9. The fourth-order valence-corrected chi connectivity index (χ4v) is 4.86. The van der Waals surface area contributed by atoms with Crippen molar-refractivity contribution in [2.24, 2.45) is 0 Å². The first-order chi connectivity index (χ1) is 16.2. The van der Waals surface area contributed by atoms with E-state index in [0.717, 1.165) is 53.9 Å². The Morgan fingerprint density at radius 2 is 1.67 bits per heavy atom. The SMILES string of the molecule is Fc1cccc(-c2nc3c(-c4ccc5ccccc5c4)ccnc3n2C2CCNCC2)c1F. The number of hydrogen-bond acceptors (Lipinski definition) is 3. The summed E-state index contributed by atoms with van der Waals surface area (Å²) in [5.74, 6) is -1.33. The molecule has 0 bridgehead atoms. The van der Waals surface area contributed by atoms with Crippen molar-refractivity contribution in [3.63, 3.8) is 0 Å². The number of pyridine rings is 1. The fourth-order valence-electron chi connectivity index (χ4n) is 4.86. The van der Waals surface area contributed by atoms with Gasteiger partial charge in [0.25, 0.3) is 0 Å². The van der Waals surface area contributed by atoms with Crippen molar-refractivity contribution in [2.75, 3.05) is 13.1 Å². The van der Waals surface area contributed by atoms with Crippen molar-refractivity contribution in [2.45, 2.75) is 18.9 Å². The van der Waals surface area contributed by atoms with Crippen LogP contribution in [0.15, 0.2) is 72.9 Å². The van der Waals surface area contributed by atoms with Gasteiger partial charge in [0, 0.05) is 17.8 Å². The van der Waals surface area contributed by atoms with Gasteiger partial charge in [-0.1, -0.05) is 42.5 Å². The lowest BCUT2D eigenvalue weighted by atomic mass is 10.0. The van der Waals surface area contributed by atoms with Gasteiger partial charge < -0.3 is 9.88 Å². The van der Waals surface area contributed by atoms with E-state index in [0.29, 0.717) is 17.0 Å². The molecule has 6 rings (SSSR count). The molecule has 6 heteroatoms. The van der Waals surface area contributed by atoms with Crippen molar-refractivity contribution in [3.05, 3.63) is 84.6 Å². The summed E-state index contributed by atoms with van der Waals surface area (Å²) in [7, 11) is 0. The second-order valence-corrected chi connectivity index (χ2v) is 8.48. The second-order valence-electron chi connectivity index (χ2n) is 8.48. The summed E-state index contributed by atoms with van der Waals surface area (Å²) in [5.41, 5.74) is 3.51. The van der Waals surface area contributed by atoms with E-state index in [9.17, 15) is 8.78 Å². The minimum Gasteiger partial charge on any atom is -0.317 e. The van der Waals surface area contributed by atoms with Gasteiger partial charge in [0.1, 0.15) is 11.3 Å². The fraction of sp³-hybridized carbons (Fsp3) is 0.185. The molecule has 0 amide bonds. The molecule has 0 aliphatic carbocycles. The number of fused-ring (bicyclic) bond motifs is 2. The van der Waals surface area contributed by atoms with Crippen molar-refractivity contribution in [1.82, 2.24) is 19.9 Å². The average molecular weight is 440 g/mol. The van der Waals surface area contributed by atoms with Crippen molar-refractivity contribution in [3.8, 4) is 22.5 Å². The van der Waals surface area contributed by atoms with Crippen LogP contribution in [0.3, 0.4) is 0 Å². The van der Waals surface area contributed by atoms with Gasteiger partial charge in [0.15, 0.2) is 17.3 Å². The van der Waals surface area contributed by atoms with E-state index in [4.69, 9.17) is 4.98 Å². The van der Waals surface area contributed by atoms with Gasteiger partial charge in [-0.15, -0.1) is 0 Å². The summed E-state index contributed by atoms with van der Waals surface area (Å²) in [6.07, 6.45) is 3.52. The van der Waals surface area contributed by atoms with E-state index >= 15 is 0 Å². The maximum atomic E-state index is 14.9. The first-order valence-electron chi connectivity index (χ1n) is 11.2. The van der Waals surface area contributed by atoms with Crippen LogP contribution in [0, 0.1) is 11.6 Å². The number of halogens is 2. The smallest absolute Gasteiger partial charge is 0.169 e. The summed E-state index contributed by atoms with van der Waals surface area (Å²) >= 11 is 0. The minimum absolute atomic E-state index is 0.105.